The van der Waals surface area contributed by atoms with Gasteiger partial charge in [0.2, 0.25) is 0 Å². The molecule has 0 saturated heterocycles. The third-order valence-corrected chi connectivity index (χ3v) is 3.19. The van der Waals surface area contributed by atoms with E-state index in [1.807, 2.05) is 0 Å². The highest BCUT2D eigenvalue weighted by atomic mass is 16.5. The molecule has 2 rings (SSSR count). The molecule has 0 aliphatic carbocycles. The van der Waals surface area contributed by atoms with Gasteiger partial charge in [0, 0.05) is 30.6 Å². The maximum absolute atomic E-state index is 10.4. The topological polar surface area (TPSA) is 79.9 Å². The quantitative estimate of drug-likeness (QED) is 0.817. The molecule has 112 valence electrons. The van der Waals surface area contributed by atoms with Crippen LogP contribution in [0.2, 0.25) is 0 Å². The molecule has 0 radical (unpaired) electrons. The van der Waals surface area contributed by atoms with E-state index in [9.17, 15) is 10.2 Å². The second-order valence-electron chi connectivity index (χ2n) is 5.07. The largest absolute Gasteiger partial charge is 0.507 e. The number of aliphatic imine (C=N–C) groups is 1. The monoisotopic (exact) mass is 289 g/mol. The van der Waals surface area contributed by atoms with E-state index in [1.165, 1.54) is 6.21 Å². The fourth-order valence-electron chi connectivity index (χ4n) is 1.88. The maximum Gasteiger partial charge on any atom is 0.124 e. The SMILES string of the molecule is COc1ccc(O)c(C=NCC(C)(O)c2cnn(C)c2)c1. The normalized spacial score (nSPS) is 14.3. The Labute approximate surface area is 123 Å². The lowest BCUT2D eigenvalue weighted by Crippen LogP contribution is -2.24. The highest BCUT2D eigenvalue weighted by molar-refractivity contribution is 5.84. The molecule has 0 aliphatic heterocycles. The standard InChI is InChI=1S/C15H19N3O3/c1-15(20,12-8-17-18(2)9-12)10-16-7-11-6-13(21-3)4-5-14(11)19/h4-9,19-20H,10H2,1-3H3. The molecule has 0 bridgehead atoms. The van der Waals surface area contributed by atoms with Crippen molar-refractivity contribution in [2.75, 3.05) is 13.7 Å². The number of aromatic hydroxyl groups is 1. The van der Waals surface area contributed by atoms with E-state index in [0.717, 1.165) is 0 Å². The molecule has 2 aromatic rings. The van der Waals surface area contributed by atoms with Gasteiger partial charge in [0.05, 0.1) is 19.9 Å². The fourth-order valence-corrected chi connectivity index (χ4v) is 1.88. The van der Waals surface area contributed by atoms with Gasteiger partial charge < -0.3 is 14.9 Å². The predicted molar refractivity (Wildman–Crippen MR) is 79.9 cm³/mol. The van der Waals surface area contributed by atoms with E-state index >= 15 is 0 Å². The minimum Gasteiger partial charge on any atom is -0.507 e. The summed E-state index contributed by atoms with van der Waals surface area (Å²) in [5, 5.41) is 24.2. The van der Waals surface area contributed by atoms with E-state index in [0.29, 0.717) is 16.9 Å². The van der Waals surface area contributed by atoms with E-state index in [4.69, 9.17) is 4.74 Å². The lowest BCUT2D eigenvalue weighted by molar-refractivity contribution is 0.0675. The minimum absolute atomic E-state index is 0.112. The summed E-state index contributed by atoms with van der Waals surface area (Å²) in [4.78, 5) is 4.21. The first-order valence-electron chi connectivity index (χ1n) is 6.51. The third-order valence-electron chi connectivity index (χ3n) is 3.19. The average Bonchev–Trinajstić information content (AvgIpc) is 2.88. The molecule has 1 aromatic carbocycles. The Morgan fingerprint density at radius 1 is 1.48 bits per heavy atom. The summed E-state index contributed by atoms with van der Waals surface area (Å²) in [6.45, 7) is 1.84. The van der Waals surface area contributed by atoms with Crippen molar-refractivity contribution in [1.29, 1.82) is 0 Å². The molecule has 2 N–H and O–H groups in total. The van der Waals surface area contributed by atoms with Crippen LogP contribution in [-0.4, -0.2) is 39.9 Å². The Hall–Kier alpha value is -2.34. The number of aryl methyl sites for hydroxylation is 1. The van der Waals surface area contributed by atoms with Crippen molar-refractivity contribution in [3.63, 3.8) is 0 Å². The van der Waals surface area contributed by atoms with Crippen molar-refractivity contribution >= 4 is 6.21 Å². The Bertz CT molecular complexity index is 647. The molecule has 6 nitrogen and oxygen atoms in total. The van der Waals surface area contributed by atoms with Crippen molar-refractivity contribution in [3.05, 3.63) is 41.7 Å². The first-order valence-corrected chi connectivity index (χ1v) is 6.51. The number of ether oxygens (including phenoxy) is 1. The van der Waals surface area contributed by atoms with Crippen LogP contribution in [0.3, 0.4) is 0 Å². The van der Waals surface area contributed by atoms with Gasteiger partial charge in [0.1, 0.15) is 17.1 Å². The van der Waals surface area contributed by atoms with Gasteiger partial charge >= 0.3 is 0 Å². The van der Waals surface area contributed by atoms with Gasteiger partial charge in [0.15, 0.2) is 0 Å². The summed E-state index contributed by atoms with van der Waals surface area (Å²) in [5.41, 5.74) is 0.118. The molecule has 0 fully saturated rings. The summed E-state index contributed by atoms with van der Waals surface area (Å²) in [6, 6.07) is 4.88. The van der Waals surface area contributed by atoms with Gasteiger partial charge in [-0.15, -0.1) is 0 Å². The molecule has 0 amide bonds. The summed E-state index contributed by atoms with van der Waals surface area (Å²) in [5.74, 6) is 0.744. The molecular weight excluding hydrogens is 270 g/mol. The van der Waals surface area contributed by atoms with Crippen LogP contribution in [0.15, 0.2) is 35.6 Å². The third kappa shape index (κ3) is 3.61. The number of aliphatic hydroxyl groups is 1. The van der Waals surface area contributed by atoms with Crippen molar-refractivity contribution in [3.8, 4) is 11.5 Å². The number of hydrogen-bond acceptors (Lipinski definition) is 5. The zero-order valence-corrected chi connectivity index (χ0v) is 12.3. The number of nitrogens with zero attached hydrogens (tertiary/aromatic N) is 3. The van der Waals surface area contributed by atoms with Crippen LogP contribution < -0.4 is 4.74 Å². The van der Waals surface area contributed by atoms with Gasteiger partial charge in [-0.1, -0.05) is 0 Å². The maximum atomic E-state index is 10.4. The second kappa shape index (κ2) is 5.97. The zero-order valence-electron chi connectivity index (χ0n) is 12.3. The van der Waals surface area contributed by atoms with E-state index < -0.39 is 5.60 Å². The van der Waals surface area contributed by atoms with Crippen molar-refractivity contribution in [2.24, 2.45) is 12.0 Å². The zero-order chi connectivity index (χ0) is 15.5. The van der Waals surface area contributed by atoms with Gasteiger partial charge in [-0.05, 0) is 25.1 Å². The summed E-state index contributed by atoms with van der Waals surface area (Å²) < 4.78 is 6.72. The number of aromatic nitrogens is 2. The summed E-state index contributed by atoms with van der Waals surface area (Å²) in [6.07, 6.45) is 4.87. The van der Waals surface area contributed by atoms with E-state index in [1.54, 1.807) is 56.4 Å². The van der Waals surface area contributed by atoms with Gasteiger partial charge in [-0.3, -0.25) is 9.67 Å². The summed E-state index contributed by atoms with van der Waals surface area (Å²) >= 11 is 0. The fraction of sp³-hybridized carbons (Fsp3) is 0.333. The molecule has 0 spiro atoms. The minimum atomic E-state index is -1.11. The molecule has 21 heavy (non-hydrogen) atoms. The molecule has 1 atom stereocenters. The Balaban J connectivity index is 2.11. The van der Waals surface area contributed by atoms with Crippen molar-refractivity contribution in [1.82, 2.24) is 9.78 Å². The van der Waals surface area contributed by atoms with Crippen molar-refractivity contribution < 1.29 is 14.9 Å². The first-order chi connectivity index (χ1) is 9.92. The smallest absolute Gasteiger partial charge is 0.124 e. The first kappa shape index (κ1) is 15.1. The van der Waals surface area contributed by atoms with Gasteiger partial charge in [-0.25, -0.2) is 0 Å². The molecular formula is C15H19N3O3. The summed E-state index contributed by atoms with van der Waals surface area (Å²) in [7, 11) is 3.34. The number of methoxy groups -OCH3 is 1. The number of phenols is 1. The Morgan fingerprint density at radius 3 is 2.86 bits per heavy atom. The number of benzene rings is 1. The predicted octanol–water partition coefficient (Wildman–Crippen LogP) is 1.46. The highest BCUT2D eigenvalue weighted by Crippen LogP contribution is 2.22. The molecule has 1 heterocycles. The lowest BCUT2D eigenvalue weighted by atomic mass is 10.00. The van der Waals surface area contributed by atoms with Gasteiger partial charge in [-0.2, -0.15) is 5.10 Å². The van der Waals surface area contributed by atoms with Crippen LogP contribution in [0.5, 0.6) is 11.5 Å². The lowest BCUT2D eigenvalue weighted by Gasteiger charge is -2.18. The second-order valence-corrected chi connectivity index (χ2v) is 5.07. The highest BCUT2D eigenvalue weighted by Gasteiger charge is 2.23. The van der Waals surface area contributed by atoms with Crippen LogP contribution in [0.4, 0.5) is 0 Å². The molecule has 6 heteroatoms. The number of hydrogen-bond donors (Lipinski definition) is 2. The van der Waals surface area contributed by atoms with Crippen LogP contribution in [-0.2, 0) is 12.6 Å². The van der Waals surface area contributed by atoms with Crippen LogP contribution >= 0.6 is 0 Å². The Morgan fingerprint density at radius 2 is 2.24 bits per heavy atom. The van der Waals surface area contributed by atoms with Crippen LogP contribution in [0, 0.1) is 0 Å². The Kier molecular flexibility index (Phi) is 4.28. The van der Waals surface area contributed by atoms with Gasteiger partial charge in [0.25, 0.3) is 0 Å². The van der Waals surface area contributed by atoms with Crippen LogP contribution in [0.1, 0.15) is 18.1 Å². The molecule has 0 aliphatic rings. The number of rotatable bonds is 5. The number of phenolic OH excluding ortho intramolecular Hbond substituents is 1. The van der Waals surface area contributed by atoms with Crippen LogP contribution in [0.25, 0.3) is 0 Å². The molecule has 1 aromatic heterocycles. The molecule has 1 unspecified atom stereocenters. The van der Waals surface area contributed by atoms with E-state index in [-0.39, 0.29) is 12.3 Å². The average molecular weight is 289 g/mol. The molecule has 0 saturated carbocycles. The van der Waals surface area contributed by atoms with Crippen molar-refractivity contribution in [2.45, 2.75) is 12.5 Å². The van der Waals surface area contributed by atoms with E-state index in [2.05, 4.69) is 10.1 Å².